The molecule has 4 heteroatoms. The first-order valence-electron chi connectivity index (χ1n) is 6.97. The molecule has 1 heterocycles. The highest BCUT2D eigenvalue weighted by Gasteiger charge is 2.16. The van der Waals surface area contributed by atoms with Crippen molar-refractivity contribution in [3.63, 3.8) is 0 Å². The van der Waals surface area contributed by atoms with Gasteiger partial charge < -0.3 is 15.0 Å². The summed E-state index contributed by atoms with van der Waals surface area (Å²) in [6, 6.07) is 0. The Labute approximate surface area is 105 Å². The van der Waals surface area contributed by atoms with Crippen molar-refractivity contribution in [3.8, 4) is 0 Å². The van der Waals surface area contributed by atoms with Crippen LogP contribution in [0.25, 0.3) is 0 Å². The predicted octanol–water partition coefficient (Wildman–Crippen LogP) is 2.39. The standard InChI is InChI=1S/C13H26N2O2/c1-2-3-4-5-6-7-12-17-13(16)15-10-8-14-9-11-15/h14H,2-12H2,1H3. The number of nitrogens with one attached hydrogen (secondary N) is 1. The zero-order valence-corrected chi connectivity index (χ0v) is 11.0. The lowest BCUT2D eigenvalue weighted by Gasteiger charge is -2.26. The van der Waals surface area contributed by atoms with Crippen LogP contribution in [0.2, 0.25) is 0 Å². The van der Waals surface area contributed by atoms with E-state index in [1.165, 1.54) is 32.1 Å². The Hall–Kier alpha value is -0.770. The van der Waals surface area contributed by atoms with E-state index in [1.54, 1.807) is 4.90 Å². The molecule has 1 N–H and O–H groups in total. The Morgan fingerprint density at radius 2 is 1.76 bits per heavy atom. The van der Waals surface area contributed by atoms with Crippen LogP contribution in [0.4, 0.5) is 4.79 Å². The van der Waals surface area contributed by atoms with E-state index in [-0.39, 0.29) is 6.09 Å². The molecule has 0 spiro atoms. The summed E-state index contributed by atoms with van der Waals surface area (Å²) in [6.07, 6.45) is 7.20. The molecule has 0 aromatic carbocycles. The minimum Gasteiger partial charge on any atom is -0.449 e. The molecule has 0 aliphatic carbocycles. The summed E-state index contributed by atoms with van der Waals surface area (Å²) < 4.78 is 5.25. The number of carbonyl (C=O) groups excluding carboxylic acids is 1. The molecule has 0 bridgehead atoms. The van der Waals surface area contributed by atoms with E-state index in [2.05, 4.69) is 12.2 Å². The normalized spacial score (nSPS) is 15.9. The lowest BCUT2D eigenvalue weighted by molar-refractivity contribution is 0.0960. The highest BCUT2D eigenvalue weighted by Crippen LogP contribution is 2.05. The summed E-state index contributed by atoms with van der Waals surface area (Å²) in [5, 5.41) is 3.22. The molecule has 1 amide bonds. The number of unbranched alkanes of at least 4 members (excludes halogenated alkanes) is 5. The molecule has 0 saturated carbocycles. The van der Waals surface area contributed by atoms with Gasteiger partial charge in [-0.1, -0.05) is 39.0 Å². The molecule has 1 fully saturated rings. The molecule has 0 aromatic rings. The molecule has 4 nitrogen and oxygen atoms in total. The zero-order chi connectivity index (χ0) is 12.3. The van der Waals surface area contributed by atoms with Crippen molar-refractivity contribution in [3.05, 3.63) is 0 Å². The Bertz CT molecular complexity index is 204. The highest BCUT2D eigenvalue weighted by atomic mass is 16.6. The first kappa shape index (κ1) is 14.3. The van der Waals surface area contributed by atoms with Crippen LogP contribution in [0.1, 0.15) is 45.4 Å². The van der Waals surface area contributed by atoms with Crippen molar-refractivity contribution in [1.82, 2.24) is 10.2 Å². The van der Waals surface area contributed by atoms with Crippen molar-refractivity contribution in [2.75, 3.05) is 32.8 Å². The molecular formula is C13H26N2O2. The van der Waals surface area contributed by atoms with E-state index in [1.807, 2.05) is 0 Å². The number of carbonyl (C=O) groups is 1. The van der Waals surface area contributed by atoms with Gasteiger partial charge in [-0.15, -0.1) is 0 Å². The van der Waals surface area contributed by atoms with Crippen LogP contribution in [0.3, 0.4) is 0 Å². The molecule has 0 unspecified atom stereocenters. The summed E-state index contributed by atoms with van der Waals surface area (Å²) >= 11 is 0. The van der Waals surface area contributed by atoms with Crippen molar-refractivity contribution in [1.29, 1.82) is 0 Å². The van der Waals surface area contributed by atoms with Gasteiger partial charge in [0.05, 0.1) is 6.61 Å². The van der Waals surface area contributed by atoms with Gasteiger partial charge in [-0.2, -0.15) is 0 Å². The van der Waals surface area contributed by atoms with Gasteiger partial charge in [0.25, 0.3) is 0 Å². The summed E-state index contributed by atoms with van der Waals surface area (Å²) in [7, 11) is 0. The Morgan fingerprint density at radius 1 is 1.12 bits per heavy atom. The van der Waals surface area contributed by atoms with Gasteiger partial charge in [0.1, 0.15) is 0 Å². The second-order valence-corrected chi connectivity index (χ2v) is 4.62. The highest BCUT2D eigenvalue weighted by molar-refractivity contribution is 5.67. The van der Waals surface area contributed by atoms with Crippen molar-refractivity contribution in [2.45, 2.75) is 45.4 Å². The largest absolute Gasteiger partial charge is 0.449 e. The third-order valence-electron chi connectivity index (χ3n) is 3.10. The van der Waals surface area contributed by atoms with E-state index in [4.69, 9.17) is 4.74 Å². The molecule has 1 aliphatic heterocycles. The summed E-state index contributed by atoms with van der Waals surface area (Å²) in [4.78, 5) is 13.4. The van der Waals surface area contributed by atoms with Crippen LogP contribution in [-0.4, -0.2) is 43.8 Å². The quantitative estimate of drug-likeness (QED) is 0.697. The topological polar surface area (TPSA) is 41.6 Å². The molecule has 0 radical (unpaired) electrons. The SMILES string of the molecule is CCCCCCCCOC(=O)N1CCNCC1. The molecular weight excluding hydrogens is 216 g/mol. The van der Waals surface area contributed by atoms with Crippen molar-refractivity contribution >= 4 is 6.09 Å². The van der Waals surface area contributed by atoms with Crippen LogP contribution in [-0.2, 0) is 4.74 Å². The second-order valence-electron chi connectivity index (χ2n) is 4.62. The lowest BCUT2D eigenvalue weighted by atomic mass is 10.1. The van der Waals surface area contributed by atoms with Crippen LogP contribution in [0, 0.1) is 0 Å². The van der Waals surface area contributed by atoms with Gasteiger partial charge in [0.15, 0.2) is 0 Å². The fourth-order valence-corrected chi connectivity index (χ4v) is 1.98. The lowest BCUT2D eigenvalue weighted by Crippen LogP contribution is -2.46. The Kier molecular flexibility index (Phi) is 7.80. The fraction of sp³-hybridized carbons (Fsp3) is 0.923. The third-order valence-corrected chi connectivity index (χ3v) is 3.10. The molecule has 0 atom stereocenters. The Morgan fingerprint density at radius 3 is 2.47 bits per heavy atom. The molecule has 0 aromatic heterocycles. The van der Waals surface area contributed by atoms with E-state index in [0.29, 0.717) is 6.61 Å². The average Bonchev–Trinajstić information content (AvgIpc) is 2.38. The van der Waals surface area contributed by atoms with Gasteiger partial charge in [0.2, 0.25) is 0 Å². The maximum atomic E-state index is 11.6. The van der Waals surface area contributed by atoms with Crippen LogP contribution < -0.4 is 5.32 Å². The number of hydrogen-bond acceptors (Lipinski definition) is 3. The van der Waals surface area contributed by atoms with E-state index >= 15 is 0 Å². The molecule has 17 heavy (non-hydrogen) atoms. The minimum absolute atomic E-state index is 0.139. The molecule has 100 valence electrons. The van der Waals surface area contributed by atoms with Gasteiger partial charge in [-0.25, -0.2) is 4.79 Å². The minimum atomic E-state index is -0.139. The predicted molar refractivity (Wildman–Crippen MR) is 69.2 cm³/mol. The molecule has 1 rings (SSSR count). The van der Waals surface area contributed by atoms with Gasteiger partial charge >= 0.3 is 6.09 Å². The average molecular weight is 242 g/mol. The summed E-state index contributed by atoms with van der Waals surface area (Å²) in [5.74, 6) is 0. The zero-order valence-electron chi connectivity index (χ0n) is 11.0. The first-order valence-corrected chi connectivity index (χ1v) is 6.97. The fourth-order valence-electron chi connectivity index (χ4n) is 1.98. The van der Waals surface area contributed by atoms with Crippen LogP contribution in [0.5, 0.6) is 0 Å². The third kappa shape index (κ3) is 6.51. The van der Waals surface area contributed by atoms with E-state index in [9.17, 15) is 4.79 Å². The van der Waals surface area contributed by atoms with Crippen LogP contribution in [0.15, 0.2) is 0 Å². The number of hydrogen-bond donors (Lipinski definition) is 1. The number of nitrogens with zero attached hydrogens (tertiary/aromatic N) is 1. The summed E-state index contributed by atoms with van der Waals surface area (Å²) in [6.45, 7) is 6.10. The van der Waals surface area contributed by atoms with Crippen molar-refractivity contribution < 1.29 is 9.53 Å². The molecule has 1 aliphatic rings. The number of rotatable bonds is 7. The van der Waals surface area contributed by atoms with E-state index in [0.717, 1.165) is 32.6 Å². The smallest absolute Gasteiger partial charge is 0.409 e. The van der Waals surface area contributed by atoms with Gasteiger partial charge in [-0.3, -0.25) is 0 Å². The van der Waals surface area contributed by atoms with Gasteiger partial charge in [-0.05, 0) is 6.42 Å². The Balaban J connectivity index is 1.92. The summed E-state index contributed by atoms with van der Waals surface area (Å²) in [5.41, 5.74) is 0. The van der Waals surface area contributed by atoms with Crippen molar-refractivity contribution in [2.24, 2.45) is 0 Å². The van der Waals surface area contributed by atoms with E-state index < -0.39 is 0 Å². The number of piperazine rings is 1. The maximum Gasteiger partial charge on any atom is 0.409 e. The van der Waals surface area contributed by atoms with Crippen LogP contribution >= 0.6 is 0 Å². The van der Waals surface area contributed by atoms with Gasteiger partial charge in [0, 0.05) is 26.2 Å². The first-order chi connectivity index (χ1) is 8.34. The number of amides is 1. The monoisotopic (exact) mass is 242 g/mol. The maximum absolute atomic E-state index is 11.6. The molecule has 1 saturated heterocycles. The second kappa shape index (κ2) is 9.28. The number of ether oxygens (including phenoxy) is 1.